The van der Waals surface area contributed by atoms with Gasteiger partial charge in [-0.25, -0.2) is 4.79 Å². The van der Waals surface area contributed by atoms with E-state index in [1.54, 1.807) is 42.2 Å². The number of alkyl halides is 2. The number of aromatic nitrogens is 1. The van der Waals surface area contributed by atoms with E-state index in [0.29, 0.717) is 34.6 Å². The molecular weight excluding hydrogens is 494 g/mol. The number of phenolic OH excluding ortho intramolecular Hbond substituents is 1. The highest BCUT2D eigenvalue weighted by Gasteiger charge is 2.60. The van der Waals surface area contributed by atoms with Gasteiger partial charge in [-0.3, -0.25) is 14.6 Å². The van der Waals surface area contributed by atoms with Gasteiger partial charge in [-0.1, -0.05) is 12.1 Å². The highest BCUT2D eigenvalue weighted by molar-refractivity contribution is 6.08. The summed E-state index contributed by atoms with van der Waals surface area (Å²) in [6.07, 6.45) is 0.845. The monoisotopic (exact) mass is 526 g/mol. The Morgan fingerprint density at radius 1 is 1.21 bits per heavy atom. The molecule has 3 aromatic rings. The van der Waals surface area contributed by atoms with Crippen LogP contribution >= 0.6 is 0 Å². The molecule has 2 aliphatic rings. The van der Waals surface area contributed by atoms with E-state index in [1.165, 1.54) is 17.0 Å². The molecule has 8 nitrogen and oxygen atoms in total. The highest BCUT2D eigenvalue weighted by Crippen LogP contribution is 2.49. The Labute approximate surface area is 219 Å². The third-order valence-electron chi connectivity index (χ3n) is 7.82. The molecule has 2 aromatic carbocycles. The maximum atomic E-state index is 13.9. The van der Waals surface area contributed by atoms with Crippen LogP contribution in [0.3, 0.4) is 0 Å². The third kappa shape index (κ3) is 4.26. The molecule has 0 saturated carbocycles. The number of carbonyl (C=O) groups is 2. The van der Waals surface area contributed by atoms with Crippen LogP contribution in [0.4, 0.5) is 13.6 Å². The number of rotatable bonds is 8. The van der Waals surface area contributed by atoms with Crippen molar-refractivity contribution in [1.29, 1.82) is 0 Å². The van der Waals surface area contributed by atoms with E-state index < -0.39 is 18.2 Å². The van der Waals surface area contributed by atoms with Crippen LogP contribution in [0.25, 0.3) is 10.9 Å². The average Bonchev–Trinajstić information content (AvgIpc) is 3.29. The number of urea groups is 1. The van der Waals surface area contributed by atoms with E-state index >= 15 is 0 Å². The van der Waals surface area contributed by atoms with E-state index in [9.17, 15) is 23.5 Å². The van der Waals surface area contributed by atoms with Gasteiger partial charge in [-0.15, -0.1) is 0 Å². The van der Waals surface area contributed by atoms with Gasteiger partial charge in [0.05, 0.1) is 0 Å². The standard InChI is InChI=1S/C28H32F2N4O4/c1-16(2)32(4)11-6-12-33-25(36)28(3)15-21-20-14-19(38-26(29)30)9-10-22(20)31-23(21)24(34(28)27(33)37)17-7-5-8-18(35)13-17/h5,7-10,13-14,16,24,26,31,35H,6,11-12,15H2,1-4H3/t24-,28+/m1/s1. The molecule has 38 heavy (non-hydrogen) atoms. The Balaban J connectivity index is 1.59. The van der Waals surface area contributed by atoms with Gasteiger partial charge in [0.1, 0.15) is 23.1 Å². The lowest BCUT2D eigenvalue weighted by Crippen LogP contribution is -2.53. The lowest BCUT2D eigenvalue weighted by atomic mass is 9.81. The van der Waals surface area contributed by atoms with Gasteiger partial charge in [0, 0.05) is 35.6 Å². The highest BCUT2D eigenvalue weighted by atomic mass is 19.3. The number of H-pyrrole nitrogens is 1. The van der Waals surface area contributed by atoms with Crippen molar-refractivity contribution in [1.82, 2.24) is 19.7 Å². The number of imide groups is 1. The zero-order chi connectivity index (χ0) is 27.4. The fourth-order valence-electron chi connectivity index (χ4n) is 5.64. The molecule has 0 radical (unpaired) electrons. The van der Waals surface area contributed by atoms with E-state index in [-0.39, 0.29) is 36.4 Å². The molecule has 3 amide bonds. The molecule has 2 aliphatic heterocycles. The Morgan fingerprint density at radius 2 is 1.97 bits per heavy atom. The molecule has 1 saturated heterocycles. The number of nitrogens with one attached hydrogen (secondary N) is 1. The SMILES string of the molecule is CC(C)N(C)CCCN1C(=O)N2[C@H](c3cccc(O)c3)c3[nH]c4ccc(OC(F)F)cc4c3C[C@@]2(C)C1=O. The molecule has 3 heterocycles. The molecule has 0 bridgehead atoms. The summed E-state index contributed by atoms with van der Waals surface area (Å²) < 4.78 is 30.5. The minimum Gasteiger partial charge on any atom is -0.508 e. The van der Waals surface area contributed by atoms with Crippen LogP contribution in [-0.4, -0.2) is 75.1 Å². The third-order valence-corrected chi connectivity index (χ3v) is 7.82. The number of halogens is 2. The maximum absolute atomic E-state index is 13.9. The van der Waals surface area contributed by atoms with Crippen molar-refractivity contribution in [3.63, 3.8) is 0 Å². The molecule has 202 valence electrons. The van der Waals surface area contributed by atoms with Crippen LogP contribution in [0.2, 0.25) is 0 Å². The van der Waals surface area contributed by atoms with Gasteiger partial charge < -0.3 is 19.7 Å². The number of hydrogen-bond donors (Lipinski definition) is 2. The number of fused-ring (bicyclic) bond motifs is 4. The molecular formula is C28H32F2N4O4. The Hall–Kier alpha value is -3.66. The second-order valence-corrected chi connectivity index (χ2v) is 10.6. The molecule has 10 heteroatoms. The number of carbonyl (C=O) groups excluding carboxylic acids is 2. The summed E-state index contributed by atoms with van der Waals surface area (Å²) in [5, 5.41) is 10.9. The van der Waals surface area contributed by atoms with Crippen molar-refractivity contribution >= 4 is 22.8 Å². The Morgan fingerprint density at radius 3 is 2.66 bits per heavy atom. The molecule has 5 rings (SSSR count). The summed E-state index contributed by atoms with van der Waals surface area (Å²) >= 11 is 0. The van der Waals surface area contributed by atoms with Crippen LogP contribution in [0, 0.1) is 0 Å². The van der Waals surface area contributed by atoms with E-state index in [4.69, 9.17) is 0 Å². The molecule has 1 aromatic heterocycles. The van der Waals surface area contributed by atoms with E-state index in [0.717, 1.165) is 12.1 Å². The number of phenols is 1. The Kier molecular flexibility index (Phi) is 6.54. The summed E-state index contributed by atoms with van der Waals surface area (Å²) in [5.41, 5.74) is 1.56. The van der Waals surface area contributed by atoms with Gasteiger partial charge in [0.2, 0.25) is 0 Å². The zero-order valence-electron chi connectivity index (χ0n) is 21.9. The lowest BCUT2D eigenvalue weighted by molar-refractivity contribution is -0.133. The van der Waals surface area contributed by atoms with E-state index in [2.05, 4.69) is 28.5 Å². The van der Waals surface area contributed by atoms with Gasteiger partial charge in [0.25, 0.3) is 5.91 Å². The van der Waals surface area contributed by atoms with Gasteiger partial charge in [-0.05, 0) is 82.2 Å². The molecule has 2 atom stereocenters. The number of aromatic hydroxyl groups is 1. The minimum atomic E-state index is -2.97. The molecule has 0 unspecified atom stereocenters. The molecule has 1 fully saturated rings. The van der Waals surface area contributed by atoms with Crippen LogP contribution in [-0.2, 0) is 11.2 Å². The zero-order valence-corrected chi connectivity index (χ0v) is 21.9. The van der Waals surface area contributed by atoms with Crippen molar-refractivity contribution in [3.8, 4) is 11.5 Å². The van der Waals surface area contributed by atoms with Crippen molar-refractivity contribution in [2.45, 2.75) is 57.8 Å². The summed E-state index contributed by atoms with van der Waals surface area (Å²) in [5.74, 6) is -0.244. The van der Waals surface area contributed by atoms with Crippen LogP contribution < -0.4 is 4.74 Å². The summed E-state index contributed by atoms with van der Waals surface area (Å²) in [6.45, 7) is 3.98. The van der Waals surface area contributed by atoms with Crippen LogP contribution in [0.15, 0.2) is 42.5 Å². The normalized spacial score (nSPS) is 21.2. The lowest BCUT2D eigenvalue weighted by Gasteiger charge is -2.42. The van der Waals surface area contributed by atoms with Crippen molar-refractivity contribution in [2.75, 3.05) is 20.1 Å². The van der Waals surface area contributed by atoms with Crippen LogP contribution in [0.1, 0.15) is 50.1 Å². The number of amides is 3. The molecule has 0 aliphatic carbocycles. The first kappa shape index (κ1) is 26.0. The van der Waals surface area contributed by atoms with Gasteiger partial charge in [0.15, 0.2) is 0 Å². The molecule has 0 spiro atoms. The van der Waals surface area contributed by atoms with Gasteiger partial charge in [-0.2, -0.15) is 8.78 Å². The summed E-state index contributed by atoms with van der Waals surface area (Å²) in [4.78, 5) is 36.2. The first-order chi connectivity index (χ1) is 18.0. The number of benzene rings is 2. The van der Waals surface area contributed by atoms with Crippen molar-refractivity contribution in [3.05, 3.63) is 59.3 Å². The topological polar surface area (TPSA) is 89.1 Å². The number of nitrogens with zero attached hydrogens (tertiary/aromatic N) is 3. The Bertz CT molecular complexity index is 1390. The summed E-state index contributed by atoms with van der Waals surface area (Å²) in [6, 6.07) is 10.5. The maximum Gasteiger partial charge on any atom is 0.387 e. The van der Waals surface area contributed by atoms with Crippen LogP contribution in [0.5, 0.6) is 11.5 Å². The number of ether oxygens (including phenoxy) is 1. The quantitative estimate of drug-likeness (QED) is 0.409. The fraction of sp³-hybridized carbons (Fsp3) is 0.429. The minimum absolute atomic E-state index is 0.0144. The smallest absolute Gasteiger partial charge is 0.387 e. The largest absolute Gasteiger partial charge is 0.508 e. The number of aromatic amines is 1. The first-order valence-electron chi connectivity index (χ1n) is 12.7. The van der Waals surface area contributed by atoms with Crippen molar-refractivity contribution < 1.29 is 28.2 Å². The predicted octanol–water partition coefficient (Wildman–Crippen LogP) is 4.87. The van der Waals surface area contributed by atoms with Gasteiger partial charge >= 0.3 is 12.6 Å². The average molecular weight is 527 g/mol. The van der Waals surface area contributed by atoms with E-state index in [1.807, 2.05) is 7.05 Å². The number of hydrogen-bond acceptors (Lipinski definition) is 5. The van der Waals surface area contributed by atoms with Crippen molar-refractivity contribution in [2.24, 2.45) is 0 Å². The fourth-order valence-corrected chi connectivity index (χ4v) is 5.64. The second kappa shape index (κ2) is 9.58. The first-order valence-corrected chi connectivity index (χ1v) is 12.7. The summed E-state index contributed by atoms with van der Waals surface area (Å²) in [7, 11) is 2.00. The predicted molar refractivity (Wildman–Crippen MR) is 138 cm³/mol. The second-order valence-electron chi connectivity index (χ2n) is 10.6. The molecule has 2 N–H and O–H groups in total.